The SMILES string of the molecule is Cc1nc(NC(=O)OC(C)(C)C)sc1C(=O)N1CCC2(CC1)COCO2. The zero-order valence-corrected chi connectivity index (χ0v) is 16.4. The summed E-state index contributed by atoms with van der Waals surface area (Å²) in [6.45, 7) is 9.30. The zero-order valence-electron chi connectivity index (χ0n) is 15.6. The average Bonchev–Trinajstić information content (AvgIpc) is 3.12. The molecule has 0 atom stereocenters. The molecule has 1 N–H and O–H groups in total. The lowest BCUT2D eigenvalue weighted by molar-refractivity contribution is -0.0406. The summed E-state index contributed by atoms with van der Waals surface area (Å²) in [6.07, 6.45) is 0.947. The van der Waals surface area contributed by atoms with Crippen LogP contribution in [0, 0.1) is 6.92 Å². The number of aryl methyl sites for hydroxylation is 1. The van der Waals surface area contributed by atoms with Crippen LogP contribution in [0.25, 0.3) is 0 Å². The molecule has 0 saturated carbocycles. The third kappa shape index (κ3) is 4.33. The van der Waals surface area contributed by atoms with Crippen LogP contribution in [-0.4, -0.2) is 59.6 Å². The molecule has 2 saturated heterocycles. The van der Waals surface area contributed by atoms with Crippen LogP contribution in [0.15, 0.2) is 0 Å². The van der Waals surface area contributed by atoms with E-state index in [9.17, 15) is 9.59 Å². The van der Waals surface area contributed by atoms with Gasteiger partial charge in [0.15, 0.2) is 5.13 Å². The van der Waals surface area contributed by atoms with Crippen molar-refractivity contribution >= 4 is 28.5 Å². The van der Waals surface area contributed by atoms with E-state index in [2.05, 4.69) is 10.3 Å². The quantitative estimate of drug-likeness (QED) is 0.845. The van der Waals surface area contributed by atoms with Crippen LogP contribution in [-0.2, 0) is 14.2 Å². The molecule has 26 heavy (non-hydrogen) atoms. The summed E-state index contributed by atoms with van der Waals surface area (Å²) in [5.41, 5.74) is -0.222. The predicted molar refractivity (Wildman–Crippen MR) is 96.5 cm³/mol. The minimum Gasteiger partial charge on any atom is -0.444 e. The molecule has 0 unspecified atom stereocenters. The van der Waals surface area contributed by atoms with Gasteiger partial charge < -0.3 is 19.1 Å². The highest BCUT2D eigenvalue weighted by atomic mass is 32.1. The van der Waals surface area contributed by atoms with Gasteiger partial charge in [0, 0.05) is 13.1 Å². The van der Waals surface area contributed by atoms with Gasteiger partial charge in [0.1, 0.15) is 17.3 Å². The number of nitrogens with one attached hydrogen (secondary N) is 1. The van der Waals surface area contributed by atoms with Crippen LogP contribution in [0.1, 0.15) is 49.0 Å². The Morgan fingerprint density at radius 3 is 2.58 bits per heavy atom. The van der Waals surface area contributed by atoms with E-state index in [4.69, 9.17) is 14.2 Å². The Balaban J connectivity index is 1.61. The van der Waals surface area contributed by atoms with Crippen LogP contribution < -0.4 is 5.32 Å². The van der Waals surface area contributed by atoms with E-state index in [1.54, 1.807) is 27.7 Å². The maximum Gasteiger partial charge on any atom is 0.413 e. The molecular formula is C17H25N3O5S. The first-order valence-corrected chi connectivity index (χ1v) is 9.48. The molecule has 2 fully saturated rings. The van der Waals surface area contributed by atoms with Crippen LogP contribution >= 0.6 is 11.3 Å². The summed E-state index contributed by atoms with van der Waals surface area (Å²) in [5.74, 6) is -0.0639. The number of hydrogen-bond acceptors (Lipinski definition) is 7. The molecule has 1 spiro atoms. The van der Waals surface area contributed by atoms with Gasteiger partial charge in [0.05, 0.1) is 17.9 Å². The summed E-state index contributed by atoms with van der Waals surface area (Å²) >= 11 is 1.17. The Kier molecular flexibility index (Phi) is 5.23. The third-order valence-electron chi connectivity index (χ3n) is 4.37. The van der Waals surface area contributed by atoms with Gasteiger partial charge in [-0.05, 0) is 40.5 Å². The third-order valence-corrected chi connectivity index (χ3v) is 5.44. The van der Waals surface area contributed by atoms with Crippen molar-refractivity contribution in [2.45, 2.75) is 51.7 Å². The molecular weight excluding hydrogens is 358 g/mol. The highest BCUT2D eigenvalue weighted by Gasteiger charge is 2.41. The standard InChI is InChI=1S/C17H25N3O5S/c1-11-12(26-14(18-11)19-15(22)25-16(2,3)4)13(21)20-7-5-17(6-8-20)9-23-10-24-17/h5-10H2,1-4H3,(H,18,19,22). The van der Waals surface area contributed by atoms with E-state index in [1.807, 2.05) is 4.90 Å². The van der Waals surface area contributed by atoms with Gasteiger partial charge in [-0.3, -0.25) is 10.1 Å². The second kappa shape index (κ2) is 7.13. The number of anilines is 1. The number of likely N-dealkylation sites (tertiary alicyclic amines) is 1. The zero-order chi connectivity index (χ0) is 18.9. The molecule has 1 aromatic rings. The molecule has 144 valence electrons. The second-order valence-electron chi connectivity index (χ2n) is 7.65. The number of rotatable bonds is 2. The maximum atomic E-state index is 12.8. The Bertz CT molecular complexity index is 681. The van der Waals surface area contributed by atoms with E-state index in [0.29, 0.717) is 42.2 Å². The van der Waals surface area contributed by atoms with Crippen molar-refractivity contribution in [2.75, 3.05) is 31.8 Å². The lowest BCUT2D eigenvalue weighted by Gasteiger charge is -2.37. The van der Waals surface area contributed by atoms with Crippen LogP contribution in [0.5, 0.6) is 0 Å². The summed E-state index contributed by atoms with van der Waals surface area (Å²) < 4.78 is 16.2. The van der Waals surface area contributed by atoms with Crippen LogP contribution in [0.4, 0.5) is 9.93 Å². The summed E-state index contributed by atoms with van der Waals surface area (Å²) in [6, 6.07) is 0. The number of amides is 2. The predicted octanol–water partition coefficient (Wildman–Crippen LogP) is 2.78. The molecule has 0 aromatic carbocycles. The van der Waals surface area contributed by atoms with Crippen molar-refractivity contribution in [3.63, 3.8) is 0 Å². The molecule has 0 radical (unpaired) electrons. The molecule has 3 rings (SSSR count). The topological polar surface area (TPSA) is 90.0 Å². The van der Waals surface area contributed by atoms with Gasteiger partial charge in [-0.2, -0.15) is 0 Å². The maximum absolute atomic E-state index is 12.8. The van der Waals surface area contributed by atoms with Crippen molar-refractivity contribution in [1.82, 2.24) is 9.88 Å². The number of carbonyl (C=O) groups excluding carboxylic acids is 2. The summed E-state index contributed by atoms with van der Waals surface area (Å²) in [5, 5.41) is 2.96. The molecule has 3 heterocycles. The van der Waals surface area contributed by atoms with Crippen molar-refractivity contribution in [1.29, 1.82) is 0 Å². The summed E-state index contributed by atoms with van der Waals surface area (Å²) in [4.78, 5) is 31.3. The van der Waals surface area contributed by atoms with Crippen molar-refractivity contribution < 1.29 is 23.8 Å². The van der Waals surface area contributed by atoms with Crippen molar-refractivity contribution in [3.05, 3.63) is 10.6 Å². The van der Waals surface area contributed by atoms with E-state index in [0.717, 1.165) is 12.8 Å². The monoisotopic (exact) mass is 383 g/mol. The summed E-state index contributed by atoms with van der Waals surface area (Å²) in [7, 11) is 0. The highest BCUT2D eigenvalue weighted by Crippen LogP contribution is 2.32. The number of thiazole rings is 1. The van der Waals surface area contributed by atoms with Gasteiger partial charge in [-0.1, -0.05) is 11.3 Å². The number of nitrogens with zero attached hydrogens (tertiary/aromatic N) is 2. The minimum atomic E-state index is -0.592. The van der Waals surface area contributed by atoms with Crippen LogP contribution in [0.3, 0.4) is 0 Å². The molecule has 2 aliphatic rings. The molecule has 1 aromatic heterocycles. The first-order chi connectivity index (χ1) is 12.2. The van der Waals surface area contributed by atoms with Gasteiger partial charge in [0.25, 0.3) is 5.91 Å². The smallest absolute Gasteiger partial charge is 0.413 e. The average molecular weight is 383 g/mol. The van der Waals surface area contributed by atoms with Gasteiger partial charge in [-0.25, -0.2) is 9.78 Å². The molecule has 8 nitrogen and oxygen atoms in total. The first kappa shape index (κ1) is 19.1. The fourth-order valence-corrected chi connectivity index (χ4v) is 3.94. The Morgan fingerprint density at radius 1 is 1.31 bits per heavy atom. The molecule has 2 amide bonds. The lowest BCUT2D eigenvalue weighted by Crippen LogP contribution is -2.47. The first-order valence-electron chi connectivity index (χ1n) is 8.66. The molecule has 0 aliphatic carbocycles. The van der Waals surface area contributed by atoms with Gasteiger partial charge >= 0.3 is 6.09 Å². The Hall–Kier alpha value is -1.71. The highest BCUT2D eigenvalue weighted by molar-refractivity contribution is 7.17. The molecule has 2 aliphatic heterocycles. The Labute approximate surface area is 156 Å². The normalized spacial score (nSPS) is 19.6. The Morgan fingerprint density at radius 2 is 2.00 bits per heavy atom. The van der Waals surface area contributed by atoms with Crippen molar-refractivity contribution in [3.8, 4) is 0 Å². The fraction of sp³-hybridized carbons (Fsp3) is 0.706. The largest absolute Gasteiger partial charge is 0.444 e. The van der Waals surface area contributed by atoms with Crippen LogP contribution in [0.2, 0.25) is 0 Å². The number of aromatic nitrogens is 1. The van der Waals surface area contributed by atoms with E-state index in [1.165, 1.54) is 11.3 Å². The number of carbonyl (C=O) groups is 2. The fourth-order valence-electron chi connectivity index (χ4n) is 3.02. The van der Waals surface area contributed by atoms with E-state index < -0.39 is 11.7 Å². The molecule has 9 heteroatoms. The van der Waals surface area contributed by atoms with Crippen molar-refractivity contribution in [2.24, 2.45) is 0 Å². The molecule has 0 bridgehead atoms. The van der Waals surface area contributed by atoms with E-state index in [-0.39, 0.29) is 11.5 Å². The number of ether oxygens (including phenoxy) is 3. The van der Waals surface area contributed by atoms with Gasteiger partial charge in [-0.15, -0.1) is 0 Å². The second-order valence-corrected chi connectivity index (χ2v) is 8.65. The van der Waals surface area contributed by atoms with E-state index >= 15 is 0 Å². The lowest BCUT2D eigenvalue weighted by atomic mass is 9.92. The number of piperidine rings is 1. The number of hydrogen-bond donors (Lipinski definition) is 1. The minimum absolute atomic E-state index is 0.0639. The van der Waals surface area contributed by atoms with Gasteiger partial charge in [0.2, 0.25) is 0 Å².